The molecule has 11 heteroatoms. The number of hydrogen-bond donors (Lipinski definition) is 2. The Morgan fingerprint density at radius 1 is 1.23 bits per heavy atom. The van der Waals surface area contributed by atoms with Crippen LogP contribution in [0.5, 0.6) is 0 Å². The Labute approximate surface area is 177 Å². The summed E-state index contributed by atoms with van der Waals surface area (Å²) in [4.78, 5) is 14.2. The predicted molar refractivity (Wildman–Crippen MR) is 111 cm³/mol. The average molecular weight is 450 g/mol. The second-order valence-corrected chi connectivity index (χ2v) is 9.23. The van der Waals surface area contributed by atoms with Gasteiger partial charge in [0.25, 0.3) is 0 Å². The Bertz CT molecular complexity index is 1220. The molecule has 1 fully saturated rings. The maximum atomic E-state index is 14.4. The first kappa shape index (κ1) is 21.2. The molecule has 0 radical (unpaired) electrons. The highest BCUT2D eigenvalue weighted by Crippen LogP contribution is 2.36. The number of nitrogens with one attached hydrogen (secondary N) is 2. The molecular weight excluding hydrogens is 430 g/mol. The van der Waals surface area contributed by atoms with Gasteiger partial charge in [-0.1, -0.05) is 23.4 Å². The number of hydrogen-bond acceptors (Lipinski definition) is 5. The molecule has 0 unspecified atom stereocenters. The minimum atomic E-state index is -3.38. The van der Waals surface area contributed by atoms with E-state index in [1.54, 1.807) is 12.1 Å². The van der Waals surface area contributed by atoms with E-state index >= 15 is 0 Å². The van der Waals surface area contributed by atoms with Crippen molar-refractivity contribution in [3.8, 4) is 11.1 Å². The number of rotatable bonds is 5. The van der Waals surface area contributed by atoms with Crippen LogP contribution < -0.4 is 10.0 Å². The van der Waals surface area contributed by atoms with Crippen LogP contribution in [0.3, 0.4) is 0 Å². The van der Waals surface area contributed by atoms with Gasteiger partial charge in [0, 0.05) is 24.7 Å². The van der Waals surface area contributed by atoms with Gasteiger partial charge in [0.1, 0.15) is 11.6 Å². The van der Waals surface area contributed by atoms with Crippen molar-refractivity contribution in [2.75, 3.05) is 24.2 Å². The molecule has 1 aliphatic heterocycles. The van der Waals surface area contributed by atoms with Crippen molar-refractivity contribution >= 4 is 32.8 Å². The molecule has 164 valence electrons. The number of carbonyl (C=O) groups excluding carboxylic acids is 1. The number of halogens is 2. The summed E-state index contributed by atoms with van der Waals surface area (Å²) in [6, 6.07) is 7.32. The molecular formula is C20H20F2N4O4S. The fraction of sp³-hybridized carbons (Fsp3) is 0.300. The molecule has 1 aliphatic rings. The number of anilines is 1. The zero-order valence-electron chi connectivity index (χ0n) is 16.6. The van der Waals surface area contributed by atoms with Gasteiger partial charge in [-0.2, -0.15) is 0 Å². The van der Waals surface area contributed by atoms with E-state index in [1.807, 2.05) is 0 Å². The van der Waals surface area contributed by atoms with Gasteiger partial charge in [-0.3, -0.25) is 5.32 Å². The molecule has 2 N–H and O–H groups in total. The third-order valence-corrected chi connectivity index (χ3v) is 6.61. The fourth-order valence-corrected chi connectivity index (χ4v) is 4.47. The van der Waals surface area contributed by atoms with Gasteiger partial charge in [0.15, 0.2) is 11.4 Å². The normalized spacial score (nSPS) is 16.7. The van der Waals surface area contributed by atoms with Crippen LogP contribution >= 0.6 is 0 Å². The number of urea groups is 1. The first-order valence-electron chi connectivity index (χ1n) is 9.67. The van der Waals surface area contributed by atoms with Gasteiger partial charge in [-0.15, -0.1) is 0 Å². The summed E-state index contributed by atoms with van der Waals surface area (Å²) in [5, 5.41) is 6.73. The minimum absolute atomic E-state index is 0.0239. The van der Waals surface area contributed by atoms with E-state index in [4.69, 9.17) is 4.52 Å². The largest absolute Gasteiger partial charge is 0.354 e. The molecule has 0 saturated carbocycles. The van der Waals surface area contributed by atoms with Gasteiger partial charge < -0.3 is 9.42 Å². The van der Waals surface area contributed by atoms with E-state index in [9.17, 15) is 22.0 Å². The van der Waals surface area contributed by atoms with Crippen molar-refractivity contribution in [2.24, 2.45) is 0 Å². The lowest BCUT2D eigenvalue weighted by Gasteiger charge is -2.17. The number of benzene rings is 2. The molecule has 3 aromatic rings. The molecule has 0 bridgehead atoms. The van der Waals surface area contributed by atoms with Gasteiger partial charge in [0.2, 0.25) is 10.0 Å². The standard InChI is InChI=1S/C20H20F2N4O4S/c1-2-31(28,29)25-12-9-10-26(11-12)20(27)23-19-18-13(5-3-8-16(18)30-24-19)17-14(21)6-4-7-15(17)22/h3-8,12,25H,2,9-11H2,1H3,(H,23,24,27)/t12-/m0/s1. The van der Waals surface area contributed by atoms with Crippen LogP contribution in [-0.4, -0.2) is 49.4 Å². The lowest BCUT2D eigenvalue weighted by atomic mass is 10.0. The first-order chi connectivity index (χ1) is 14.8. The Morgan fingerprint density at radius 3 is 2.65 bits per heavy atom. The van der Waals surface area contributed by atoms with Gasteiger partial charge in [-0.05, 0) is 31.5 Å². The Kier molecular flexibility index (Phi) is 5.63. The Hall–Kier alpha value is -3.05. The van der Waals surface area contributed by atoms with Crippen molar-refractivity contribution < 1.29 is 26.5 Å². The zero-order valence-corrected chi connectivity index (χ0v) is 17.4. The van der Waals surface area contributed by atoms with Crippen molar-refractivity contribution in [3.63, 3.8) is 0 Å². The second kappa shape index (κ2) is 8.23. The van der Waals surface area contributed by atoms with Crippen LogP contribution in [0.1, 0.15) is 13.3 Å². The lowest BCUT2D eigenvalue weighted by molar-refractivity contribution is 0.221. The number of carbonyl (C=O) groups is 1. The summed E-state index contributed by atoms with van der Waals surface area (Å²) >= 11 is 0. The van der Waals surface area contributed by atoms with Crippen molar-refractivity contribution in [3.05, 3.63) is 48.0 Å². The first-order valence-corrected chi connectivity index (χ1v) is 11.3. The van der Waals surface area contributed by atoms with E-state index < -0.39 is 27.7 Å². The predicted octanol–water partition coefficient (Wildman–Crippen LogP) is 3.32. The molecule has 8 nitrogen and oxygen atoms in total. The molecule has 31 heavy (non-hydrogen) atoms. The average Bonchev–Trinajstić information content (AvgIpc) is 3.35. The molecule has 0 spiro atoms. The van der Waals surface area contributed by atoms with Crippen molar-refractivity contribution in [1.29, 1.82) is 0 Å². The molecule has 1 atom stereocenters. The van der Waals surface area contributed by atoms with E-state index in [-0.39, 0.29) is 46.3 Å². The van der Waals surface area contributed by atoms with E-state index in [0.29, 0.717) is 13.0 Å². The quantitative estimate of drug-likeness (QED) is 0.621. The Balaban J connectivity index is 1.60. The third-order valence-electron chi connectivity index (χ3n) is 5.16. The summed E-state index contributed by atoms with van der Waals surface area (Å²) in [7, 11) is -3.38. The van der Waals surface area contributed by atoms with Crippen molar-refractivity contribution in [2.45, 2.75) is 19.4 Å². The maximum Gasteiger partial charge on any atom is 0.323 e. The van der Waals surface area contributed by atoms with Crippen LogP contribution in [0.15, 0.2) is 40.9 Å². The SMILES string of the molecule is CCS(=O)(=O)N[C@H]1CCN(C(=O)Nc2noc3cccc(-c4c(F)cccc4F)c23)C1. The number of likely N-dealkylation sites (tertiary alicyclic amines) is 1. The summed E-state index contributed by atoms with van der Waals surface area (Å²) in [5.74, 6) is -1.53. The highest BCUT2D eigenvalue weighted by Gasteiger charge is 2.30. The zero-order chi connectivity index (χ0) is 22.2. The number of amides is 2. The van der Waals surface area contributed by atoms with Crippen molar-refractivity contribution in [1.82, 2.24) is 14.8 Å². The second-order valence-electron chi connectivity index (χ2n) is 7.19. The number of aromatic nitrogens is 1. The summed E-state index contributed by atoms with van der Waals surface area (Å²) < 4.78 is 60.0. The molecule has 2 amide bonds. The molecule has 1 aromatic heterocycles. The monoisotopic (exact) mass is 450 g/mol. The van der Waals surface area contributed by atoms with Crippen LogP contribution in [-0.2, 0) is 10.0 Å². The number of nitrogens with zero attached hydrogens (tertiary/aromatic N) is 2. The van der Waals surface area contributed by atoms with Crippen LogP contribution in [0.25, 0.3) is 22.1 Å². The van der Waals surface area contributed by atoms with Crippen LogP contribution in [0, 0.1) is 11.6 Å². The van der Waals surface area contributed by atoms with Gasteiger partial charge in [0.05, 0.1) is 16.7 Å². The summed E-state index contributed by atoms with van der Waals surface area (Å²) in [6.07, 6.45) is 0.470. The maximum absolute atomic E-state index is 14.4. The van der Waals surface area contributed by atoms with E-state index in [1.165, 1.54) is 24.0 Å². The van der Waals surface area contributed by atoms with Gasteiger partial charge in [-0.25, -0.2) is 26.7 Å². The van der Waals surface area contributed by atoms with Gasteiger partial charge >= 0.3 is 6.03 Å². The summed E-state index contributed by atoms with van der Waals surface area (Å²) in [5.41, 5.74) is 0.201. The van der Waals surface area contributed by atoms with E-state index in [2.05, 4.69) is 15.2 Å². The molecule has 1 saturated heterocycles. The smallest absolute Gasteiger partial charge is 0.323 e. The lowest BCUT2D eigenvalue weighted by Crippen LogP contribution is -2.40. The highest BCUT2D eigenvalue weighted by molar-refractivity contribution is 7.89. The minimum Gasteiger partial charge on any atom is -0.354 e. The fourth-order valence-electron chi connectivity index (χ4n) is 3.60. The van der Waals surface area contributed by atoms with E-state index in [0.717, 1.165) is 12.1 Å². The molecule has 2 aromatic carbocycles. The summed E-state index contributed by atoms with van der Waals surface area (Å²) in [6.45, 7) is 2.07. The molecule has 2 heterocycles. The number of fused-ring (bicyclic) bond motifs is 1. The molecule has 0 aliphatic carbocycles. The highest BCUT2D eigenvalue weighted by atomic mass is 32.2. The number of sulfonamides is 1. The topological polar surface area (TPSA) is 105 Å². The van der Waals surface area contributed by atoms with Crippen LogP contribution in [0.4, 0.5) is 19.4 Å². The Morgan fingerprint density at radius 2 is 1.94 bits per heavy atom. The third kappa shape index (κ3) is 4.23. The van der Waals surface area contributed by atoms with Crippen LogP contribution in [0.2, 0.25) is 0 Å². The molecule has 4 rings (SSSR count).